The lowest BCUT2D eigenvalue weighted by atomic mass is 9.92. The summed E-state index contributed by atoms with van der Waals surface area (Å²) in [4.78, 5) is 12.7. The van der Waals surface area contributed by atoms with Crippen molar-refractivity contribution in [2.24, 2.45) is 0 Å². The Kier molecular flexibility index (Phi) is 11.8. The van der Waals surface area contributed by atoms with E-state index in [0.29, 0.717) is 19.1 Å². The quantitative estimate of drug-likeness (QED) is 0.308. The molecule has 0 fully saturated rings. The van der Waals surface area contributed by atoms with Gasteiger partial charge in [0.1, 0.15) is 6.10 Å². The number of hydrogen-bond donors (Lipinski definition) is 1. The van der Waals surface area contributed by atoms with Gasteiger partial charge in [-0.25, -0.2) is 4.79 Å². The van der Waals surface area contributed by atoms with Crippen LogP contribution in [0.15, 0.2) is 36.4 Å². The molecule has 0 saturated heterocycles. The van der Waals surface area contributed by atoms with Gasteiger partial charge in [-0.15, -0.1) is 10.2 Å². The molecule has 7 nitrogen and oxygen atoms in total. The first-order chi connectivity index (χ1) is 16.4. The second-order valence-corrected chi connectivity index (χ2v) is 9.09. The summed E-state index contributed by atoms with van der Waals surface area (Å²) >= 11 is 0. The molecule has 1 amide bonds. The number of benzene rings is 1. The van der Waals surface area contributed by atoms with Gasteiger partial charge in [-0.05, 0) is 50.8 Å². The number of nitrogens with zero attached hydrogens (tertiary/aromatic N) is 2. The van der Waals surface area contributed by atoms with Crippen LogP contribution in [0.25, 0.3) is 11.3 Å². The van der Waals surface area contributed by atoms with Crippen molar-refractivity contribution in [3.05, 3.63) is 42.0 Å². The molecule has 1 unspecified atom stereocenters. The number of nitrogens with one attached hydrogen (secondary N) is 1. The molecule has 0 bridgehead atoms. The van der Waals surface area contributed by atoms with Gasteiger partial charge in [0.15, 0.2) is 0 Å². The van der Waals surface area contributed by atoms with E-state index in [1.165, 1.54) is 0 Å². The van der Waals surface area contributed by atoms with E-state index in [1.54, 1.807) is 7.11 Å². The Hall–Kier alpha value is -2.67. The predicted octanol–water partition coefficient (Wildman–Crippen LogP) is 6.27. The maximum Gasteiger partial charge on any atom is 0.408 e. The SMILES string of the molecule is CCCCCC(CCC)OC(=O)NC(C)(C)c1cccc(-c2ccc(OCCCOC)nn2)c1. The summed E-state index contributed by atoms with van der Waals surface area (Å²) in [5.41, 5.74) is 2.01. The van der Waals surface area contributed by atoms with Crippen molar-refractivity contribution >= 4 is 6.09 Å². The second-order valence-electron chi connectivity index (χ2n) is 9.09. The summed E-state index contributed by atoms with van der Waals surface area (Å²) in [7, 11) is 1.67. The average molecular weight is 472 g/mol. The van der Waals surface area contributed by atoms with Crippen LogP contribution in [0.3, 0.4) is 0 Å². The minimum Gasteiger partial charge on any atom is -0.477 e. The van der Waals surface area contributed by atoms with Gasteiger partial charge in [-0.3, -0.25) is 0 Å². The van der Waals surface area contributed by atoms with Crippen LogP contribution in [-0.2, 0) is 15.0 Å². The Balaban J connectivity index is 2.01. The number of carbonyl (C=O) groups excluding carboxylic acids is 1. The van der Waals surface area contributed by atoms with Crippen LogP contribution >= 0.6 is 0 Å². The summed E-state index contributed by atoms with van der Waals surface area (Å²) in [6.45, 7) is 9.42. The zero-order chi connectivity index (χ0) is 24.8. The molecule has 0 aliphatic carbocycles. The number of rotatable bonds is 15. The van der Waals surface area contributed by atoms with Crippen LogP contribution in [-0.4, -0.2) is 42.7 Å². The Morgan fingerprint density at radius 2 is 1.82 bits per heavy atom. The predicted molar refractivity (Wildman–Crippen MR) is 135 cm³/mol. The molecule has 188 valence electrons. The van der Waals surface area contributed by atoms with Crippen LogP contribution in [0.4, 0.5) is 4.79 Å². The smallest absolute Gasteiger partial charge is 0.408 e. The largest absolute Gasteiger partial charge is 0.477 e. The highest BCUT2D eigenvalue weighted by molar-refractivity contribution is 5.69. The summed E-state index contributed by atoms with van der Waals surface area (Å²) in [5.74, 6) is 0.487. The number of ether oxygens (including phenoxy) is 3. The molecule has 0 spiro atoms. The first-order valence-corrected chi connectivity index (χ1v) is 12.4. The molecular formula is C27H41N3O4. The Morgan fingerprint density at radius 1 is 1.00 bits per heavy atom. The van der Waals surface area contributed by atoms with Crippen LogP contribution in [0.2, 0.25) is 0 Å². The fourth-order valence-corrected chi connectivity index (χ4v) is 3.71. The zero-order valence-electron chi connectivity index (χ0n) is 21.4. The number of hydrogen-bond acceptors (Lipinski definition) is 6. The molecule has 1 heterocycles. The topological polar surface area (TPSA) is 82.6 Å². The number of aromatic nitrogens is 2. The van der Waals surface area contributed by atoms with E-state index in [9.17, 15) is 4.79 Å². The monoisotopic (exact) mass is 471 g/mol. The second kappa shape index (κ2) is 14.6. The van der Waals surface area contributed by atoms with Gasteiger partial charge in [-0.2, -0.15) is 0 Å². The molecule has 1 atom stereocenters. The minimum absolute atomic E-state index is 0.0378. The summed E-state index contributed by atoms with van der Waals surface area (Å²) in [5, 5.41) is 11.5. The van der Waals surface area contributed by atoms with Crippen LogP contribution in [0.5, 0.6) is 5.88 Å². The van der Waals surface area contributed by atoms with Crippen molar-refractivity contribution in [3.63, 3.8) is 0 Å². The van der Waals surface area contributed by atoms with Crippen molar-refractivity contribution in [2.75, 3.05) is 20.3 Å². The third-order valence-corrected chi connectivity index (χ3v) is 5.69. The van der Waals surface area contributed by atoms with E-state index < -0.39 is 5.54 Å². The number of unbranched alkanes of at least 4 members (excludes halogenated alkanes) is 2. The van der Waals surface area contributed by atoms with E-state index in [4.69, 9.17) is 14.2 Å². The van der Waals surface area contributed by atoms with Crippen molar-refractivity contribution in [1.29, 1.82) is 0 Å². The van der Waals surface area contributed by atoms with Crippen molar-refractivity contribution in [1.82, 2.24) is 15.5 Å². The molecule has 2 aromatic rings. The molecule has 1 N–H and O–H groups in total. The van der Waals surface area contributed by atoms with E-state index in [2.05, 4.69) is 29.4 Å². The van der Waals surface area contributed by atoms with Gasteiger partial charge in [0.05, 0.1) is 17.8 Å². The highest BCUT2D eigenvalue weighted by Crippen LogP contribution is 2.26. The highest BCUT2D eigenvalue weighted by Gasteiger charge is 2.25. The molecular weight excluding hydrogens is 430 g/mol. The average Bonchev–Trinajstić information content (AvgIpc) is 2.82. The maximum absolute atomic E-state index is 12.7. The summed E-state index contributed by atoms with van der Waals surface area (Å²) in [6, 6.07) is 11.7. The van der Waals surface area contributed by atoms with Gasteiger partial charge in [0, 0.05) is 31.8 Å². The van der Waals surface area contributed by atoms with Crippen molar-refractivity contribution in [2.45, 2.75) is 84.3 Å². The van der Waals surface area contributed by atoms with Gasteiger partial charge < -0.3 is 19.5 Å². The van der Waals surface area contributed by atoms with E-state index in [-0.39, 0.29) is 12.2 Å². The lowest BCUT2D eigenvalue weighted by molar-refractivity contribution is 0.0786. The number of methoxy groups -OCH3 is 1. The zero-order valence-corrected chi connectivity index (χ0v) is 21.4. The van der Waals surface area contributed by atoms with E-state index >= 15 is 0 Å². The van der Waals surface area contributed by atoms with Gasteiger partial charge in [0.25, 0.3) is 0 Å². The fourth-order valence-electron chi connectivity index (χ4n) is 3.71. The highest BCUT2D eigenvalue weighted by atomic mass is 16.6. The number of amides is 1. The van der Waals surface area contributed by atoms with Gasteiger partial charge in [-0.1, -0.05) is 51.3 Å². The minimum atomic E-state index is -0.606. The third kappa shape index (κ3) is 9.29. The molecule has 1 aromatic carbocycles. The summed E-state index contributed by atoms with van der Waals surface area (Å²) in [6.07, 6.45) is 6.57. The Bertz CT molecular complexity index is 855. The van der Waals surface area contributed by atoms with Crippen LogP contribution < -0.4 is 10.1 Å². The first-order valence-electron chi connectivity index (χ1n) is 12.4. The standard InChI is InChI=1S/C27H41N3O4/c1-6-8-9-15-23(12-7-2)34-26(31)28-27(3,4)22-14-10-13-21(20-22)24-16-17-25(30-29-24)33-19-11-18-32-5/h10,13-14,16-17,20,23H,6-9,11-12,15,18-19H2,1-5H3,(H,28,31). The molecule has 0 aliphatic heterocycles. The van der Waals surface area contributed by atoms with E-state index in [0.717, 1.165) is 61.8 Å². The van der Waals surface area contributed by atoms with E-state index in [1.807, 2.05) is 50.2 Å². The molecule has 0 radical (unpaired) electrons. The third-order valence-electron chi connectivity index (χ3n) is 5.69. The number of alkyl carbamates (subject to hydrolysis) is 1. The molecule has 2 rings (SSSR count). The normalized spacial score (nSPS) is 12.3. The maximum atomic E-state index is 12.7. The molecule has 1 aromatic heterocycles. The first kappa shape index (κ1) is 27.6. The van der Waals surface area contributed by atoms with Crippen LogP contribution in [0.1, 0.15) is 78.2 Å². The van der Waals surface area contributed by atoms with Crippen LogP contribution in [0, 0.1) is 0 Å². The molecule has 0 aliphatic rings. The molecule has 0 saturated carbocycles. The molecule has 7 heteroatoms. The summed E-state index contributed by atoms with van der Waals surface area (Å²) < 4.78 is 16.4. The Labute approximate surface area is 204 Å². The van der Waals surface area contributed by atoms with Gasteiger partial charge >= 0.3 is 6.09 Å². The van der Waals surface area contributed by atoms with Gasteiger partial charge in [0.2, 0.25) is 5.88 Å². The molecule has 34 heavy (non-hydrogen) atoms. The lowest BCUT2D eigenvalue weighted by Crippen LogP contribution is -2.42. The lowest BCUT2D eigenvalue weighted by Gasteiger charge is -2.28. The Morgan fingerprint density at radius 3 is 2.50 bits per heavy atom. The number of carbonyl (C=O) groups is 1. The fraction of sp³-hybridized carbons (Fsp3) is 0.593. The van der Waals surface area contributed by atoms with Crippen molar-refractivity contribution < 1.29 is 19.0 Å². The van der Waals surface area contributed by atoms with Crippen molar-refractivity contribution in [3.8, 4) is 17.1 Å².